The summed E-state index contributed by atoms with van der Waals surface area (Å²) < 4.78 is 5.00. The van der Waals surface area contributed by atoms with Gasteiger partial charge in [0.25, 0.3) is 0 Å². The van der Waals surface area contributed by atoms with Crippen LogP contribution in [0.1, 0.15) is 33.1 Å². The number of esters is 1. The number of nitrogens with zero attached hydrogens (tertiary/aromatic N) is 1. The summed E-state index contributed by atoms with van der Waals surface area (Å²) in [6.45, 7) is 7.07. The maximum atomic E-state index is 11.6. The molecule has 116 valence electrons. The number of piperidine rings is 1. The molecule has 1 aromatic carbocycles. The Morgan fingerprint density at radius 1 is 1.24 bits per heavy atom. The van der Waals surface area contributed by atoms with E-state index in [1.54, 1.807) is 0 Å². The Balaban J connectivity index is 1.83. The summed E-state index contributed by atoms with van der Waals surface area (Å²) in [7, 11) is 0. The Kier molecular flexibility index (Phi) is 5.90. The third-order valence-corrected chi connectivity index (χ3v) is 3.89. The van der Waals surface area contributed by atoms with Gasteiger partial charge in [-0.2, -0.15) is 0 Å². The molecule has 2 rings (SSSR count). The number of rotatable bonds is 6. The number of hydrogen-bond donors (Lipinski definition) is 1. The average molecular weight is 290 g/mol. The van der Waals surface area contributed by atoms with E-state index in [4.69, 9.17) is 4.74 Å². The third kappa shape index (κ3) is 4.66. The van der Waals surface area contributed by atoms with Gasteiger partial charge in [0.15, 0.2) is 0 Å². The number of anilines is 2. The van der Waals surface area contributed by atoms with Crippen LogP contribution in [0.15, 0.2) is 24.3 Å². The van der Waals surface area contributed by atoms with Crippen molar-refractivity contribution in [2.24, 2.45) is 5.92 Å². The molecule has 1 saturated heterocycles. The first kappa shape index (κ1) is 15.7. The van der Waals surface area contributed by atoms with E-state index in [-0.39, 0.29) is 11.9 Å². The maximum Gasteiger partial charge on any atom is 0.310 e. The molecule has 1 fully saturated rings. The molecular weight excluding hydrogens is 264 g/mol. The van der Waals surface area contributed by atoms with Crippen molar-refractivity contribution in [1.82, 2.24) is 0 Å². The van der Waals surface area contributed by atoms with Gasteiger partial charge >= 0.3 is 5.97 Å². The monoisotopic (exact) mass is 290 g/mol. The zero-order valence-corrected chi connectivity index (χ0v) is 13.1. The summed E-state index contributed by atoms with van der Waals surface area (Å²) in [6.07, 6.45) is 3.93. The Labute approximate surface area is 127 Å². The van der Waals surface area contributed by atoms with Gasteiger partial charge in [-0.1, -0.05) is 6.92 Å². The van der Waals surface area contributed by atoms with Crippen LogP contribution in [0.2, 0.25) is 0 Å². The van der Waals surface area contributed by atoms with E-state index in [1.165, 1.54) is 24.9 Å². The first-order valence-electron chi connectivity index (χ1n) is 7.96. The van der Waals surface area contributed by atoms with Gasteiger partial charge in [-0.25, -0.2) is 0 Å². The largest absolute Gasteiger partial charge is 0.466 e. The van der Waals surface area contributed by atoms with Gasteiger partial charge in [-0.15, -0.1) is 0 Å². The number of carbonyl (C=O) groups excluding carboxylic acids is 1. The molecule has 0 aromatic heterocycles. The van der Waals surface area contributed by atoms with Crippen molar-refractivity contribution in [3.05, 3.63) is 24.3 Å². The smallest absolute Gasteiger partial charge is 0.310 e. The summed E-state index contributed by atoms with van der Waals surface area (Å²) in [4.78, 5) is 14.0. The molecule has 0 spiro atoms. The quantitative estimate of drug-likeness (QED) is 0.816. The fourth-order valence-electron chi connectivity index (χ4n) is 2.58. The molecule has 0 radical (unpaired) electrons. The van der Waals surface area contributed by atoms with E-state index >= 15 is 0 Å². The lowest BCUT2D eigenvalue weighted by molar-refractivity contribution is -0.146. The minimum Gasteiger partial charge on any atom is -0.466 e. The lowest BCUT2D eigenvalue weighted by atomic mass is 10.1. The molecule has 1 heterocycles. The van der Waals surface area contributed by atoms with E-state index < -0.39 is 0 Å². The molecule has 21 heavy (non-hydrogen) atoms. The fourth-order valence-corrected chi connectivity index (χ4v) is 2.58. The molecule has 1 unspecified atom stereocenters. The van der Waals surface area contributed by atoms with E-state index in [1.807, 2.05) is 13.8 Å². The molecule has 0 amide bonds. The first-order valence-corrected chi connectivity index (χ1v) is 7.96. The Bertz CT molecular complexity index is 439. The van der Waals surface area contributed by atoms with Gasteiger partial charge in [-0.3, -0.25) is 4.79 Å². The summed E-state index contributed by atoms with van der Waals surface area (Å²) in [6, 6.07) is 8.48. The average Bonchev–Trinajstić information content (AvgIpc) is 2.54. The highest BCUT2D eigenvalue weighted by Gasteiger charge is 2.14. The topological polar surface area (TPSA) is 41.6 Å². The highest BCUT2D eigenvalue weighted by molar-refractivity contribution is 5.72. The number of nitrogens with one attached hydrogen (secondary N) is 1. The van der Waals surface area contributed by atoms with Crippen molar-refractivity contribution in [2.45, 2.75) is 33.1 Å². The van der Waals surface area contributed by atoms with Crippen LogP contribution < -0.4 is 10.2 Å². The molecular formula is C17H26N2O2. The highest BCUT2D eigenvalue weighted by Crippen LogP contribution is 2.21. The van der Waals surface area contributed by atoms with Crippen LogP contribution in [-0.4, -0.2) is 32.2 Å². The van der Waals surface area contributed by atoms with Crippen LogP contribution in [0.3, 0.4) is 0 Å². The van der Waals surface area contributed by atoms with Crippen molar-refractivity contribution < 1.29 is 9.53 Å². The van der Waals surface area contributed by atoms with E-state index in [9.17, 15) is 4.79 Å². The van der Waals surface area contributed by atoms with Crippen LogP contribution in [0.5, 0.6) is 0 Å². The molecule has 1 N–H and O–H groups in total. The molecule has 1 aliphatic rings. The Morgan fingerprint density at radius 2 is 1.90 bits per heavy atom. The minimum atomic E-state index is -0.144. The second-order valence-electron chi connectivity index (χ2n) is 5.63. The lowest BCUT2D eigenvalue weighted by Crippen LogP contribution is -2.29. The SMILES string of the molecule is CCOC(=O)C(C)CNc1ccc(N2CCCCC2)cc1. The number of benzene rings is 1. The summed E-state index contributed by atoms with van der Waals surface area (Å²) in [5.74, 6) is -0.276. The number of ether oxygens (including phenoxy) is 1. The minimum absolute atomic E-state index is 0.133. The van der Waals surface area contributed by atoms with E-state index in [0.29, 0.717) is 13.2 Å². The lowest BCUT2D eigenvalue weighted by Gasteiger charge is -2.29. The highest BCUT2D eigenvalue weighted by atomic mass is 16.5. The molecule has 1 atom stereocenters. The van der Waals surface area contributed by atoms with Crippen LogP contribution in [0, 0.1) is 5.92 Å². The second kappa shape index (κ2) is 7.91. The normalized spacial score (nSPS) is 16.4. The van der Waals surface area contributed by atoms with Crippen LogP contribution in [0.4, 0.5) is 11.4 Å². The van der Waals surface area contributed by atoms with Crippen LogP contribution in [0.25, 0.3) is 0 Å². The van der Waals surface area contributed by atoms with Crippen LogP contribution >= 0.6 is 0 Å². The third-order valence-electron chi connectivity index (χ3n) is 3.89. The van der Waals surface area contributed by atoms with Gasteiger partial charge < -0.3 is 15.0 Å². The van der Waals surface area contributed by atoms with E-state index in [2.05, 4.69) is 34.5 Å². The fraction of sp³-hybridized carbons (Fsp3) is 0.588. The molecule has 0 bridgehead atoms. The van der Waals surface area contributed by atoms with Gasteiger partial charge in [-0.05, 0) is 50.5 Å². The zero-order chi connectivity index (χ0) is 15.1. The second-order valence-corrected chi connectivity index (χ2v) is 5.63. The molecule has 0 aliphatic carbocycles. The summed E-state index contributed by atoms with van der Waals surface area (Å²) >= 11 is 0. The zero-order valence-electron chi connectivity index (χ0n) is 13.1. The van der Waals surface area contributed by atoms with Crippen LogP contribution in [-0.2, 0) is 9.53 Å². The first-order chi connectivity index (χ1) is 10.2. The van der Waals surface area contributed by atoms with E-state index in [0.717, 1.165) is 18.8 Å². The molecule has 0 saturated carbocycles. The molecule has 1 aromatic rings. The molecule has 4 heteroatoms. The van der Waals surface area contributed by atoms with Gasteiger partial charge in [0, 0.05) is 31.0 Å². The van der Waals surface area contributed by atoms with Gasteiger partial charge in [0.2, 0.25) is 0 Å². The van der Waals surface area contributed by atoms with Gasteiger partial charge in [0.1, 0.15) is 0 Å². The van der Waals surface area contributed by atoms with Crippen molar-refractivity contribution in [3.8, 4) is 0 Å². The van der Waals surface area contributed by atoms with Crippen molar-refractivity contribution in [3.63, 3.8) is 0 Å². The molecule has 1 aliphatic heterocycles. The van der Waals surface area contributed by atoms with Gasteiger partial charge in [0.05, 0.1) is 12.5 Å². The maximum absolute atomic E-state index is 11.6. The van der Waals surface area contributed by atoms with Crippen molar-refractivity contribution in [2.75, 3.05) is 36.5 Å². The number of carbonyl (C=O) groups is 1. The standard InChI is InChI=1S/C17H26N2O2/c1-3-21-17(20)14(2)13-18-15-7-9-16(10-8-15)19-11-5-4-6-12-19/h7-10,14,18H,3-6,11-13H2,1-2H3. The molecule has 4 nitrogen and oxygen atoms in total. The number of hydrogen-bond acceptors (Lipinski definition) is 4. The predicted molar refractivity (Wildman–Crippen MR) is 86.8 cm³/mol. The van der Waals surface area contributed by atoms with Crippen molar-refractivity contribution >= 4 is 17.3 Å². The summed E-state index contributed by atoms with van der Waals surface area (Å²) in [5, 5.41) is 3.29. The predicted octanol–water partition coefficient (Wildman–Crippen LogP) is 3.29. The Hall–Kier alpha value is -1.71. The van der Waals surface area contributed by atoms with Crippen molar-refractivity contribution in [1.29, 1.82) is 0 Å². The Morgan fingerprint density at radius 3 is 2.52 bits per heavy atom. The summed E-state index contributed by atoms with van der Waals surface area (Å²) in [5.41, 5.74) is 2.34.